The van der Waals surface area contributed by atoms with Gasteiger partial charge in [-0.05, 0) is 6.92 Å². The molecule has 0 amide bonds. The van der Waals surface area contributed by atoms with Crippen molar-refractivity contribution < 1.29 is 4.74 Å². The molecule has 16 heavy (non-hydrogen) atoms. The van der Waals surface area contributed by atoms with Crippen LogP contribution >= 0.6 is 11.6 Å². The van der Waals surface area contributed by atoms with Crippen molar-refractivity contribution in [1.29, 1.82) is 0 Å². The highest BCUT2D eigenvalue weighted by molar-refractivity contribution is 6.29. The third-order valence-corrected chi connectivity index (χ3v) is 2.05. The van der Waals surface area contributed by atoms with Crippen molar-refractivity contribution >= 4 is 17.5 Å². The SMILES string of the molecule is Cc1cc(Oc2cc(Cl)nc(N)n2)n(C)n1. The lowest BCUT2D eigenvalue weighted by atomic mass is 10.5. The van der Waals surface area contributed by atoms with Crippen molar-refractivity contribution in [2.45, 2.75) is 6.92 Å². The molecule has 0 fully saturated rings. The van der Waals surface area contributed by atoms with Crippen LogP contribution in [0.4, 0.5) is 5.95 Å². The van der Waals surface area contributed by atoms with Crippen LogP contribution in [0.2, 0.25) is 5.15 Å². The van der Waals surface area contributed by atoms with Crippen molar-refractivity contribution in [3.05, 3.63) is 23.0 Å². The molecule has 2 heterocycles. The molecule has 7 heteroatoms. The van der Waals surface area contributed by atoms with Crippen molar-refractivity contribution in [1.82, 2.24) is 19.7 Å². The maximum Gasteiger partial charge on any atom is 0.227 e. The molecule has 0 unspecified atom stereocenters. The Balaban J connectivity index is 2.30. The van der Waals surface area contributed by atoms with E-state index in [1.807, 2.05) is 6.92 Å². The summed E-state index contributed by atoms with van der Waals surface area (Å²) in [6, 6.07) is 3.27. The lowest BCUT2D eigenvalue weighted by Gasteiger charge is -2.04. The Bertz CT molecular complexity index is 504. The molecule has 84 valence electrons. The molecule has 0 atom stereocenters. The number of nitrogen functional groups attached to an aromatic ring is 1. The molecule has 2 rings (SSSR count). The van der Waals surface area contributed by atoms with Crippen molar-refractivity contribution in [3.8, 4) is 11.8 Å². The minimum atomic E-state index is 0.0707. The Morgan fingerprint density at radius 1 is 1.38 bits per heavy atom. The molecule has 2 aromatic heterocycles. The smallest absolute Gasteiger partial charge is 0.227 e. The maximum atomic E-state index is 5.73. The Kier molecular flexibility index (Phi) is 2.66. The van der Waals surface area contributed by atoms with E-state index in [2.05, 4.69) is 15.1 Å². The van der Waals surface area contributed by atoms with Crippen LogP contribution in [0.5, 0.6) is 11.8 Å². The summed E-state index contributed by atoms with van der Waals surface area (Å²) in [5.41, 5.74) is 6.30. The number of ether oxygens (including phenoxy) is 1. The van der Waals surface area contributed by atoms with Crippen molar-refractivity contribution in [3.63, 3.8) is 0 Å². The van der Waals surface area contributed by atoms with Gasteiger partial charge >= 0.3 is 0 Å². The van der Waals surface area contributed by atoms with Gasteiger partial charge < -0.3 is 10.5 Å². The fraction of sp³-hybridized carbons (Fsp3) is 0.222. The van der Waals surface area contributed by atoms with Crippen LogP contribution in [0, 0.1) is 6.92 Å². The van der Waals surface area contributed by atoms with Gasteiger partial charge in [-0.25, -0.2) is 9.67 Å². The highest BCUT2D eigenvalue weighted by Gasteiger charge is 2.07. The zero-order valence-electron chi connectivity index (χ0n) is 8.81. The highest BCUT2D eigenvalue weighted by atomic mass is 35.5. The van der Waals surface area contributed by atoms with Crippen LogP contribution < -0.4 is 10.5 Å². The average Bonchev–Trinajstić information content (AvgIpc) is 2.43. The minimum absolute atomic E-state index is 0.0707. The number of hydrogen-bond donors (Lipinski definition) is 1. The summed E-state index contributed by atoms with van der Waals surface area (Å²) >= 11 is 5.73. The topological polar surface area (TPSA) is 78.9 Å². The van der Waals surface area contributed by atoms with Gasteiger partial charge in [-0.1, -0.05) is 11.6 Å². The molecule has 0 spiro atoms. The zero-order chi connectivity index (χ0) is 11.7. The Morgan fingerprint density at radius 2 is 2.12 bits per heavy atom. The van der Waals surface area contributed by atoms with Crippen LogP contribution in [-0.4, -0.2) is 19.7 Å². The van der Waals surface area contributed by atoms with E-state index in [9.17, 15) is 0 Å². The van der Waals surface area contributed by atoms with E-state index in [4.69, 9.17) is 22.1 Å². The first-order valence-electron chi connectivity index (χ1n) is 4.53. The first kappa shape index (κ1) is 10.7. The third kappa shape index (κ3) is 2.22. The van der Waals surface area contributed by atoms with Crippen LogP contribution in [0.25, 0.3) is 0 Å². The summed E-state index contributed by atoms with van der Waals surface area (Å²) < 4.78 is 7.08. The van der Waals surface area contributed by atoms with Crippen LogP contribution in [0.15, 0.2) is 12.1 Å². The van der Waals surface area contributed by atoms with Gasteiger partial charge in [0.25, 0.3) is 0 Å². The Hall–Kier alpha value is -1.82. The second kappa shape index (κ2) is 3.97. The summed E-state index contributed by atoms with van der Waals surface area (Å²) in [6.07, 6.45) is 0. The van der Waals surface area contributed by atoms with Crippen molar-refractivity contribution in [2.75, 3.05) is 5.73 Å². The normalized spacial score (nSPS) is 10.4. The Morgan fingerprint density at radius 3 is 2.69 bits per heavy atom. The number of nitrogens with zero attached hydrogens (tertiary/aromatic N) is 4. The third-order valence-electron chi connectivity index (χ3n) is 1.86. The lowest BCUT2D eigenvalue weighted by Crippen LogP contribution is -2.00. The number of halogens is 1. The van der Waals surface area contributed by atoms with Crippen LogP contribution in [0.3, 0.4) is 0 Å². The van der Waals surface area contributed by atoms with Crippen molar-refractivity contribution in [2.24, 2.45) is 7.05 Å². The number of rotatable bonds is 2. The van der Waals surface area contributed by atoms with Crippen LogP contribution in [0.1, 0.15) is 5.69 Å². The van der Waals surface area contributed by atoms with E-state index in [1.54, 1.807) is 17.8 Å². The first-order chi connectivity index (χ1) is 7.54. The lowest BCUT2D eigenvalue weighted by molar-refractivity contribution is 0.415. The molecule has 0 aliphatic carbocycles. The second-order valence-electron chi connectivity index (χ2n) is 3.24. The van der Waals surface area contributed by atoms with Gasteiger partial charge in [-0.15, -0.1) is 0 Å². The number of nitrogens with two attached hydrogens (primary N) is 1. The van der Waals surface area contributed by atoms with Gasteiger partial charge in [0.05, 0.1) is 5.69 Å². The van der Waals surface area contributed by atoms with Crippen LogP contribution in [-0.2, 0) is 7.05 Å². The molecule has 2 N–H and O–H groups in total. The number of hydrogen-bond acceptors (Lipinski definition) is 5. The summed E-state index contributed by atoms with van der Waals surface area (Å²) in [5.74, 6) is 0.925. The van der Waals surface area contributed by atoms with E-state index in [0.29, 0.717) is 11.8 Å². The van der Waals surface area contributed by atoms with Gasteiger partial charge in [-0.3, -0.25) is 0 Å². The van der Waals surface area contributed by atoms with Gasteiger partial charge in [-0.2, -0.15) is 10.1 Å². The van der Waals surface area contributed by atoms with E-state index in [1.165, 1.54) is 6.07 Å². The zero-order valence-corrected chi connectivity index (χ0v) is 9.56. The standard InChI is InChI=1S/C9H10ClN5O/c1-5-3-8(15(2)14-5)16-7-4-6(10)12-9(11)13-7/h3-4H,1-2H3,(H2,11,12,13). The first-order valence-corrected chi connectivity index (χ1v) is 4.91. The average molecular weight is 240 g/mol. The number of anilines is 1. The van der Waals surface area contributed by atoms with E-state index < -0.39 is 0 Å². The van der Waals surface area contributed by atoms with E-state index >= 15 is 0 Å². The molecule has 0 saturated carbocycles. The van der Waals surface area contributed by atoms with Gasteiger partial charge in [0.2, 0.25) is 17.7 Å². The molecule has 0 radical (unpaired) electrons. The Labute approximate surface area is 97.0 Å². The fourth-order valence-corrected chi connectivity index (χ4v) is 1.44. The maximum absolute atomic E-state index is 5.73. The summed E-state index contributed by atoms with van der Waals surface area (Å²) in [7, 11) is 1.77. The predicted molar refractivity (Wildman–Crippen MR) is 59.5 cm³/mol. The highest BCUT2D eigenvalue weighted by Crippen LogP contribution is 2.22. The van der Waals surface area contributed by atoms with E-state index in [0.717, 1.165) is 5.69 Å². The summed E-state index contributed by atoms with van der Waals surface area (Å²) in [4.78, 5) is 7.63. The molecule has 6 nitrogen and oxygen atoms in total. The molecule has 0 aromatic carbocycles. The molecule has 0 bridgehead atoms. The van der Waals surface area contributed by atoms with E-state index in [-0.39, 0.29) is 11.1 Å². The fourth-order valence-electron chi connectivity index (χ4n) is 1.26. The minimum Gasteiger partial charge on any atom is -0.421 e. The molecular weight excluding hydrogens is 230 g/mol. The predicted octanol–water partition coefficient (Wildman–Crippen LogP) is 1.55. The molecule has 0 aliphatic rings. The molecule has 0 saturated heterocycles. The quantitative estimate of drug-likeness (QED) is 0.805. The summed E-state index contributed by atoms with van der Waals surface area (Å²) in [6.45, 7) is 1.87. The van der Waals surface area contributed by atoms with Gasteiger partial charge in [0, 0.05) is 19.2 Å². The summed E-state index contributed by atoms with van der Waals surface area (Å²) in [5, 5.41) is 4.37. The number of aryl methyl sites for hydroxylation is 2. The number of aromatic nitrogens is 4. The van der Waals surface area contributed by atoms with Gasteiger partial charge in [0.15, 0.2) is 0 Å². The largest absolute Gasteiger partial charge is 0.421 e. The second-order valence-corrected chi connectivity index (χ2v) is 3.62. The van der Waals surface area contributed by atoms with Gasteiger partial charge in [0.1, 0.15) is 5.15 Å². The monoisotopic (exact) mass is 239 g/mol. The molecule has 0 aliphatic heterocycles. The molecule has 2 aromatic rings. The molecular formula is C9H10ClN5O.